The van der Waals surface area contributed by atoms with Crippen LogP contribution in [-0.2, 0) is 20.8 Å². The number of carboxylic acids is 1. The van der Waals surface area contributed by atoms with Gasteiger partial charge < -0.3 is 25.8 Å². The van der Waals surface area contributed by atoms with Gasteiger partial charge in [0.2, 0.25) is 11.8 Å². The van der Waals surface area contributed by atoms with Crippen molar-refractivity contribution in [1.29, 1.82) is 0 Å². The molecule has 5 rings (SSSR count). The third-order valence-corrected chi connectivity index (χ3v) is 7.60. The summed E-state index contributed by atoms with van der Waals surface area (Å²) in [7, 11) is 3.15. The molecule has 2 unspecified atom stereocenters. The van der Waals surface area contributed by atoms with Crippen LogP contribution in [0.2, 0.25) is 0 Å². The highest BCUT2D eigenvalue weighted by molar-refractivity contribution is 5.90. The average molecular weight is 458 g/mol. The summed E-state index contributed by atoms with van der Waals surface area (Å²) in [5, 5.41) is 12.5. The van der Waals surface area contributed by atoms with Crippen molar-refractivity contribution in [3.8, 4) is 5.75 Å². The Kier molecular flexibility index (Phi) is 5.84. The lowest BCUT2D eigenvalue weighted by molar-refractivity contribution is -0.167. The second-order valence-corrected chi connectivity index (χ2v) is 10.4. The lowest BCUT2D eigenvalue weighted by Crippen LogP contribution is -2.62. The van der Waals surface area contributed by atoms with Crippen molar-refractivity contribution in [3.63, 3.8) is 0 Å². The van der Waals surface area contributed by atoms with Crippen LogP contribution >= 0.6 is 0 Å². The van der Waals surface area contributed by atoms with E-state index in [0.29, 0.717) is 30.6 Å². The van der Waals surface area contributed by atoms with Gasteiger partial charge in [0.05, 0.1) is 10.8 Å². The molecule has 4 saturated carbocycles. The molecule has 0 radical (unpaired) electrons. The van der Waals surface area contributed by atoms with Crippen molar-refractivity contribution in [2.45, 2.75) is 51.0 Å². The normalized spacial score (nSPS) is 30.4. The second kappa shape index (κ2) is 8.35. The standard InChI is InChI=1S/C24H31N3O6/c1-27(2)22(32)33-17-5-3-14(4-6-17)8-18(19(28)29)26-21(31)24-11-15-7-16(12-24)10-23(9-15,13-24)20(25)30/h3-6,15-16,18H,7-13H2,1-2H3,(H2,25,30)(H,26,31)(H,28,29)/t15?,16?,18-,23?,24?/m0/s1. The van der Waals surface area contributed by atoms with E-state index in [9.17, 15) is 24.3 Å². The number of ether oxygens (including phenoxy) is 1. The summed E-state index contributed by atoms with van der Waals surface area (Å²) in [4.78, 5) is 50.6. The van der Waals surface area contributed by atoms with Crippen LogP contribution in [0.4, 0.5) is 4.79 Å². The fraction of sp³-hybridized carbons (Fsp3) is 0.583. The molecule has 178 valence electrons. The Balaban J connectivity index is 1.45. The summed E-state index contributed by atoms with van der Waals surface area (Å²) in [5.41, 5.74) is 5.08. The number of rotatable bonds is 7. The van der Waals surface area contributed by atoms with E-state index in [1.807, 2.05) is 0 Å². The third kappa shape index (κ3) is 4.41. The highest BCUT2D eigenvalue weighted by atomic mass is 16.6. The number of carboxylic acid groups (broad SMARTS) is 1. The monoisotopic (exact) mass is 457 g/mol. The van der Waals surface area contributed by atoms with E-state index in [0.717, 1.165) is 19.3 Å². The molecule has 4 fully saturated rings. The van der Waals surface area contributed by atoms with E-state index in [4.69, 9.17) is 10.5 Å². The van der Waals surface area contributed by atoms with Crippen LogP contribution in [-0.4, -0.2) is 54.0 Å². The number of amides is 3. The molecule has 1 aromatic carbocycles. The number of benzene rings is 1. The van der Waals surface area contributed by atoms with Gasteiger partial charge in [-0.3, -0.25) is 9.59 Å². The highest BCUT2D eigenvalue weighted by Crippen LogP contribution is 2.65. The molecule has 33 heavy (non-hydrogen) atoms. The Hall–Kier alpha value is -3.10. The Morgan fingerprint density at radius 3 is 2.18 bits per heavy atom. The summed E-state index contributed by atoms with van der Waals surface area (Å²) in [6.45, 7) is 0. The third-order valence-electron chi connectivity index (χ3n) is 7.60. The minimum absolute atomic E-state index is 0.0902. The number of hydrogen-bond acceptors (Lipinski definition) is 5. The van der Waals surface area contributed by atoms with Crippen LogP contribution in [0.25, 0.3) is 0 Å². The van der Waals surface area contributed by atoms with E-state index in [-0.39, 0.29) is 30.1 Å². The molecule has 4 aliphatic carbocycles. The molecule has 4 N–H and O–H groups in total. The van der Waals surface area contributed by atoms with Gasteiger partial charge in [0.1, 0.15) is 11.8 Å². The quantitative estimate of drug-likeness (QED) is 0.572. The largest absolute Gasteiger partial charge is 0.480 e. The SMILES string of the molecule is CN(C)C(=O)Oc1ccc(C[C@H](NC(=O)C23CC4CC(CC(C(N)=O)(C4)C2)C3)C(=O)O)cc1. The minimum atomic E-state index is -1.12. The zero-order valence-corrected chi connectivity index (χ0v) is 19.0. The van der Waals surface area contributed by atoms with Gasteiger partial charge in [-0.25, -0.2) is 9.59 Å². The lowest BCUT2D eigenvalue weighted by Gasteiger charge is -2.60. The molecule has 9 heteroatoms. The molecule has 4 aliphatic rings. The first-order valence-corrected chi connectivity index (χ1v) is 11.3. The number of aliphatic carboxylic acids is 1. The number of nitrogens with one attached hydrogen (secondary N) is 1. The van der Waals surface area contributed by atoms with Crippen LogP contribution in [0.3, 0.4) is 0 Å². The van der Waals surface area contributed by atoms with Gasteiger partial charge in [-0.05, 0) is 68.1 Å². The first kappa shape index (κ1) is 23.1. The first-order valence-electron chi connectivity index (χ1n) is 11.3. The summed E-state index contributed by atoms with van der Waals surface area (Å²) in [6, 6.07) is 5.42. The summed E-state index contributed by atoms with van der Waals surface area (Å²) >= 11 is 0. The Bertz CT molecular complexity index is 959. The van der Waals surface area contributed by atoms with Crippen LogP contribution in [0.1, 0.15) is 44.1 Å². The van der Waals surface area contributed by atoms with Gasteiger partial charge >= 0.3 is 12.1 Å². The van der Waals surface area contributed by atoms with Crippen LogP contribution in [0.15, 0.2) is 24.3 Å². The first-order chi connectivity index (χ1) is 15.5. The predicted octanol–water partition coefficient (Wildman–Crippen LogP) is 1.93. The van der Waals surface area contributed by atoms with Gasteiger partial charge in [-0.1, -0.05) is 12.1 Å². The van der Waals surface area contributed by atoms with Crippen molar-refractivity contribution < 1.29 is 29.0 Å². The molecule has 0 saturated heterocycles. The molecule has 0 aromatic heterocycles. The van der Waals surface area contributed by atoms with E-state index in [1.165, 1.54) is 4.90 Å². The number of nitrogens with two attached hydrogens (primary N) is 1. The molecule has 9 nitrogen and oxygen atoms in total. The van der Waals surface area contributed by atoms with E-state index in [2.05, 4.69) is 5.32 Å². The highest BCUT2D eigenvalue weighted by Gasteiger charge is 2.62. The number of nitrogens with zero attached hydrogens (tertiary/aromatic N) is 1. The summed E-state index contributed by atoms with van der Waals surface area (Å²) < 4.78 is 5.18. The van der Waals surface area contributed by atoms with Crippen LogP contribution in [0.5, 0.6) is 5.75 Å². The molecular weight excluding hydrogens is 426 g/mol. The predicted molar refractivity (Wildman–Crippen MR) is 118 cm³/mol. The molecule has 1 aromatic rings. The molecular formula is C24H31N3O6. The molecule has 0 aliphatic heterocycles. The maximum Gasteiger partial charge on any atom is 0.414 e. The van der Waals surface area contributed by atoms with Gasteiger partial charge in [-0.15, -0.1) is 0 Å². The van der Waals surface area contributed by atoms with Gasteiger partial charge in [0.15, 0.2) is 0 Å². The van der Waals surface area contributed by atoms with Gasteiger partial charge in [0.25, 0.3) is 0 Å². The molecule has 3 atom stereocenters. The van der Waals surface area contributed by atoms with E-state index in [1.54, 1.807) is 38.4 Å². The molecule has 0 heterocycles. The van der Waals surface area contributed by atoms with E-state index >= 15 is 0 Å². The van der Waals surface area contributed by atoms with Crippen LogP contribution in [0, 0.1) is 22.7 Å². The Morgan fingerprint density at radius 2 is 1.67 bits per heavy atom. The summed E-state index contributed by atoms with van der Waals surface area (Å²) in [5.74, 6) is -0.834. The summed E-state index contributed by atoms with van der Waals surface area (Å²) in [6.07, 6.45) is 3.84. The Labute approximate surface area is 192 Å². The smallest absolute Gasteiger partial charge is 0.414 e. The Morgan fingerprint density at radius 1 is 1.09 bits per heavy atom. The average Bonchev–Trinajstić information content (AvgIpc) is 2.73. The number of primary amides is 1. The fourth-order valence-electron chi connectivity index (χ4n) is 6.45. The van der Waals surface area contributed by atoms with Gasteiger partial charge in [0, 0.05) is 20.5 Å². The van der Waals surface area contributed by atoms with Crippen molar-refractivity contribution in [2.75, 3.05) is 14.1 Å². The second-order valence-electron chi connectivity index (χ2n) is 10.4. The topological polar surface area (TPSA) is 139 Å². The molecule has 3 amide bonds. The number of carbonyl (C=O) groups excluding carboxylic acids is 3. The van der Waals surface area contributed by atoms with Crippen LogP contribution < -0.4 is 15.8 Å². The molecule has 0 spiro atoms. The maximum atomic E-state index is 13.4. The zero-order chi connectivity index (χ0) is 24.0. The van der Waals surface area contributed by atoms with Crippen molar-refractivity contribution in [2.24, 2.45) is 28.4 Å². The van der Waals surface area contributed by atoms with Crippen molar-refractivity contribution in [3.05, 3.63) is 29.8 Å². The van der Waals surface area contributed by atoms with Gasteiger partial charge in [-0.2, -0.15) is 0 Å². The lowest BCUT2D eigenvalue weighted by atomic mass is 9.43. The minimum Gasteiger partial charge on any atom is -0.480 e. The zero-order valence-electron chi connectivity index (χ0n) is 19.0. The maximum absolute atomic E-state index is 13.4. The van der Waals surface area contributed by atoms with E-state index < -0.39 is 28.9 Å². The number of hydrogen-bond donors (Lipinski definition) is 3. The van der Waals surface area contributed by atoms with Crippen molar-refractivity contribution >= 4 is 23.9 Å². The molecule has 4 bridgehead atoms. The fourth-order valence-corrected chi connectivity index (χ4v) is 6.45. The van der Waals surface area contributed by atoms with Crippen molar-refractivity contribution in [1.82, 2.24) is 10.2 Å². The number of carbonyl (C=O) groups is 4.